The summed E-state index contributed by atoms with van der Waals surface area (Å²) in [7, 11) is 0. The smallest absolute Gasteiger partial charge is 0.234 e. The third-order valence-corrected chi connectivity index (χ3v) is 6.93. The van der Waals surface area contributed by atoms with Gasteiger partial charge in [-0.15, -0.1) is 11.3 Å². The summed E-state index contributed by atoms with van der Waals surface area (Å²) in [6.07, 6.45) is 4.60. The molecule has 3 aromatic rings. The molecule has 1 aliphatic rings. The van der Waals surface area contributed by atoms with E-state index in [0.29, 0.717) is 11.0 Å². The Morgan fingerprint density at radius 2 is 1.96 bits per heavy atom. The van der Waals surface area contributed by atoms with Crippen LogP contribution in [0.2, 0.25) is 0 Å². The fourth-order valence-electron chi connectivity index (χ4n) is 3.55. The lowest BCUT2D eigenvalue weighted by molar-refractivity contribution is -0.113. The quantitative estimate of drug-likeness (QED) is 0.499. The lowest BCUT2D eigenvalue weighted by Crippen LogP contribution is -2.16. The highest BCUT2D eigenvalue weighted by atomic mass is 32.2. The molecule has 0 aliphatic heterocycles. The molecule has 2 heterocycles. The van der Waals surface area contributed by atoms with Gasteiger partial charge in [0.2, 0.25) is 5.91 Å². The number of rotatable bonds is 4. The molecule has 1 aliphatic carbocycles. The minimum absolute atomic E-state index is 0.0647. The van der Waals surface area contributed by atoms with Crippen molar-refractivity contribution in [1.82, 2.24) is 9.97 Å². The van der Waals surface area contributed by atoms with Crippen molar-refractivity contribution < 1.29 is 4.79 Å². The standard InChI is InChI=1S/C20H22N4OS2/c1-11-6-5-7-12(2)17(11)22-15(25)10-26-20-23-18(21)16-13-8-3-4-9-14(13)27-19(16)24-20/h5-7H,3-4,8-10H2,1-2H3,(H,22,25)(H2,21,23,24). The zero-order valence-electron chi connectivity index (χ0n) is 15.5. The number of anilines is 2. The van der Waals surface area contributed by atoms with E-state index in [1.807, 2.05) is 32.0 Å². The number of hydrogen-bond acceptors (Lipinski definition) is 6. The summed E-state index contributed by atoms with van der Waals surface area (Å²) in [6, 6.07) is 5.97. The number of carbonyl (C=O) groups excluding carboxylic acids is 1. The van der Waals surface area contributed by atoms with Crippen LogP contribution in [0, 0.1) is 13.8 Å². The number of aromatic nitrogens is 2. The maximum atomic E-state index is 12.4. The van der Waals surface area contributed by atoms with E-state index in [9.17, 15) is 4.79 Å². The van der Waals surface area contributed by atoms with Gasteiger partial charge in [-0.25, -0.2) is 9.97 Å². The van der Waals surface area contributed by atoms with Gasteiger partial charge in [0.05, 0.1) is 11.1 Å². The Bertz CT molecular complexity index is 1010. The third-order valence-electron chi connectivity index (χ3n) is 4.90. The SMILES string of the molecule is Cc1cccc(C)c1NC(=O)CSc1nc(N)c2c3c(sc2n1)CCCC3. The van der Waals surface area contributed by atoms with Crippen molar-refractivity contribution in [2.45, 2.75) is 44.7 Å². The minimum Gasteiger partial charge on any atom is -0.383 e. The maximum Gasteiger partial charge on any atom is 0.234 e. The third kappa shape index (κ3) is 3.66. The second kappa shape index (κ2) is 7.48. The first kappa shape index (κ1) is 18.3. The van der Waals surface area contributed by atoms with Crippen LogP contribution < -0.4 is 11.1 Å². The normalized spacial score (nSPS) is 13.6. The van der Waals surface area contributed by atoms with Crippen LogP contribution in [-0.2, 0) is 17.6 Å². The van der Waals surface area contributed by atoms with Crippen molar-refractivity contribution in [3.8, 4) is 0 Å². The summed E-state index contributed by atoms with van der Waals surface area (Å²) in [6.45, 7) is 3.98. The second-order valence-corrected chi connectivity index (χ2v) is 8.91. The number of hydrogen-bond donors (Lipinski definition) is 2. The van der Waals surface area contributed by atoms with Crippen LogP contribution in [0.1, 0.15) is 34.4 Å². The van der Waals surface area contributed by atoms with Crippen molar-refractivity contribution in [1.29, 1.82) is 0 Å². The molecule has 0 saturated carbocycles. The molecule has 0 radical (unpaired) electrons. The highest BCUT2D eigenvalue weighted by Gasteiger charge is 2.20. The highest BCUT2D eigenvalue weighted by molar-refractivity contribution is 7.99. The summed E-state index contributed by atoms with van der Waals surface area (Å²) in [5, 5.41) is 4.59. The summed E-state index contributed by atoms with van der Waals surface area (Å²) in [5.74, 6) is 0.728. The van der Waals surface area contributed by atoms with Gasteiger partial charge in [0.1, 0.15) is 10.6 Å². The van der Waals surface area contributed by atoms with Gasteiger partial charge in [-0.2, -0.15) is 0 Å². The molecule has 0 saturated heterocycles. The summed E-state index contributed by atoms with van der Waals surface area (Å²) >= 11 is 3.05. The summed E-state index contributed by atoms with van der Waals surface area (Å²) in [4.78, 5) is 23.8. The van der Waals surface area contributed by atoms with Gasteiger partial charge in [0.25, 0.3) is 0 Å². The molecule has 0 bridgehead atoms. The number of thiophene rings is 1. The van der Waals surface area contributed by atoms with E-state index < -0.39 is 0 Å². The van der Waals surface area contributed by atoms with Crippen LogP contribution >= 0.6 is 23.1 Å². The van der Waals surface area contributed by atoms with Crippen molar-refractivity contribution >= 4 is 50.7 Å². The molecule has 1 aromatic carbocycles. The lowest BCUT2D eigenvalue weighted by Gasteiger charge is -2.11. The van der Waals surface area contributed by atoms with Gasteiger partial charge in [0.15, 0.2) is 5.16 Å². The van der Waals surface area contributed by atoms with E-state index in [4.69, 9.17) is 5.73 Å². The number of aryl methyl sites for hydroxylation is 4. The van der Waals surface area contributed by atoms with E-state index >= 15 is 0 Å². The molecule has 3 N–H and O–H groups in total. The van der Waals surface area contributed by atoms with Gasteiger partial charge < -0.3 is 11.1 Å². The first-order valence-corrected chi connectivity index (χ1v) is 10.9. The molecule has 4 rings (SSSR count). The average Bonchev–Trinajstić information content (AvgIpc) is 3.02. The number of para-hydroxylation sites is 1. The molecular formula is C20H22N4OS2. The van der Waals surface area contributed by atoms with E-state index in [0.717, 1.165) is 39.9 Å². The Hall–Kier alpha value is -2.12. The van der Waals surface area contributed by atoms with Gasteiger partial charge in [-0.1, -0.05) is 30.0 Å². The second-order valence-electron chi connectivity index (χ2n) is 6.89. The fourth-order valence-corrected chi connectivity index (χ4v) is 5.52. The Balaban J connectivity index is 1.50. The fraction of sp³-hybridized carbons (Fsp3) is 0.350. The maximum absolute atomic E-state index is 12.4. The van der Waals surface area contributed by atoms with Crippen molar-refractivity contribution in [2.75, 3.05) is 16.8 Å². The number of thioether (sulfide) groups is 1. The summed E-state index contributed by atoms with van der Waals surface area (Å²) in [5.41, 5.74) is 10.6. The molecule has 0 fully saturated rings. The summed E-state index contributed by atoms with van der Waals surface area (Å²) < 4.78 is 0. The Kier molecular flexibility index (Phi) is 5.06. The molecule has 0 unspecified atom stereocenters. The van der Waals surface area contributed by atoms with E-state index in [1.165, 1.54) is 35.0 Å². The number of nitrogens with one attached hydrogen (secondary N) is 1. The van der Waals surface area contributed by atoms with Crippen LogP contribution in [0.4, 0.5) is 11.5 Å². The lowest BCUT2D eigenvalue weighted by atomic mass is 9.97. The first-order valence-electron chi connectivity index (χ1n) is 9.09. The number of nitrogen functional groups attached to an aromatic ring is 1. The van der Waals surface area contributed by atoms with E-state index in [1.54, 1.807) is 11.3 Å². The molecule has 7 heteroatoms. The van der Waals surface area contributed by atoms with Gasteiger partial charge in [-0.3, -0.25) is 4.79 Å². The molecule has 27 heavy (non-hydrogen) atoms. The molecular weight excluding hydrogens is 376 g/mol. The number of nitrogens with two attached hydrogens (primary N) is 1. The van der Waals surface area contributed by atoms with Gasteiger partial charge in [-0.05, 0) is 56.2 Å². The number of amides is 1. The van der Waals surface area contributed by atoms with Gasteiger partial charge >= 0.3 is 0 Å². The predicted molar refractivity (Wildman–Crippen MR) is 114 cm³/mol. The van der Waals surface area contributed by atoms with Gasteiger partial charge in [0, 0.05) is 10.6 Å². The Morgan fingerprint density at radius 3 is 2.74 bits per heavy atom. The number of carbonyl (C=O) groups is 1. The Morgan fingerprint density at radius 1 is 1.22 bits per heavy atom. The number of benzene rings is 1. The zero-order valence-corrected chi connectivity index (χ0v) is 17.1. The molecule has 2 aromatic heterocycles. The molecule has 1 amide bonds. The topological polar surface area (TPSA) is 80.9 Å². The van der Waals surface area contributed by atoms with E-state index in [-0.39, 0.29) is 11.7 Å². The van der Waals surface area contributed by atoms with Crippen LogP contribution in [-0.4, -0.2) is 21.6 Å². The van der Waals surface area contributed by atoms with Crippen LogP contribution in [0.15, 0.2) is 23.4 Å². The first-order chi connectivity index (χ1) is 13.0. The molecule has 0 atom stereocenters. The van der Waals surface area contributed by atoms with Crippen molar-refractivity contribution in [3.63, 3.8) is 0 Å². The van der Waals surface area contributed by atoms with Crippen molar-refractivity contribution in [3.05, 3.63) is 39.8 Å². The van der Waals surface area contributed by atoms with E-state index in [2.05, 4.69) is 15.3 Å². The highest BCUT2D eigenvalue weighted by Crippen LogP contribution is 2.38. The van der Waals surface area contributed by atoms with Crippen molar-refractivity contribution in [2.24, 2.45) is 0 Å². The number of nitrogens with zero attached hydrogens (tertiary/aromatic N) is 2. The van der Waals surface area contributed by atoms with Crippen LogP contribution in [0.25, 0.3) is 10.2 Å². The molecule has 5 nitrogen and oxygen atoms in total. The van der Waals surface area contributed by atoms with Crippen LogP contribution in [0.3, 0.4) is 0 Å². The monoisotopic (exact) mass is 398 g/mol. The number of fused-ring (bicyclic) bond motifs is 3. The Labute approximate surface area is 166 Å². The van der Waals surface area contributed by atoms with Crippen LogP contribution in [0.5, 0.6) is 0 Å². The zero-order chi connectivity index (χ0) is 19.0. The minimum atomic E-state index is -0.0647. The predicted octanol–water partition coefficient (Wildman–Crippen LogP) is 4.50. The average molecular weight is 399 g/mol. The molecule has 140 valence electrons. The molecule has 0 spiro atoms. The largest absolute Gasteiger partial charge is 0.383 e.